The van der Waals surface area contributed by atoms with E-state index in [0.29, 0.717) is 6.61 Å². The van der Waals surface area contributed by atoms with Gasteiger partial charge in [-0.3, -0.25) is 4.79 Å². The minimum Gasteiger partial charge on any atom is -0.348 e. The van der Waals surface area contributed by atoms with Crippen LogP contribution in [-0.4, -0.2) is 42.4 Å². The molecular formula is C17H29NO3. The Morgan fingerprint density at radius 2 is 1.95 bits per heavy atom. The third kappa shape index (κ3) is 3.67. The van der Waals surface area contributed by atoms with Crippen LogP contribution in [0.25, 0.3) is 0 Å². The van der Waals surface area contributed by atoms with Crippen molar-refractivity contribution in [3.63, 3.8) is 0 Å². The van der Waals surface area contributed by atoms with Gasteiger partial charge in [0.25, 0.3) is 0 Å². The molecule has 0 aromatic rings. The highest BCUT2D eigenvalue weighted by atomic mass is 16.7. The topological polar surface area (TPSA) is 38.8 Å². The van der Waals surface area contributed by atoms with Crippen LogP contribution in [0.15, 0.2) is 12.7 Å². The van der Waals surface area contributed by atoms with Crippen molar-refractivity contribution < 1.29 is 14.3 Å². The van der Waals surface area contributed by atoms with E-state index in [4.69, 9.17) is 9.47 Å². The van der Waals surface area contributed by atoms with Crippen LogP contribution in [0.1, 0.15) is 40.5 Å². The molecular weight excluding hydrogens is 266 g/mol. The monoisotopic (exact) mass is 295 g/mol. The molecule has 0 radical (unpaired) electrons. The molecule has 3 atom stereocenters. The molecule has 2 aliphatic heterocycles. The van der Waals surface area contributed by atoms with Crippen LogP contribution in [0.3, 0.4) is 0 Å². The normalized spacial score (nSPS) is 27.9. The molecule has 21 heavy (non-hydrogen) atoms. The van der Waals surface area contributed by atoms with E-state index in [2.05, 4.69) is 20.4 Å². The Hall–Kier alpha value is -0.870. The van der Waals surface area contributed by atoms with Crippen molar-refractivity contribution in [1.29, 1.82) is 0 Å². The van der Waals surface area contributed by atoms with Crippen molar-refractivity contribution in [2.75, 3.05) is 19.7 Å². The van der Waals surface area contributed by atoms with Gasteiger partial charge in [0.15, 0.2) is 5.79 Å². The second-order valence-electron chi connectivity index (χ2n) is 6.98. The molecule has 4 nitrogen and oxygen atoms in total. The molecule has 0 aliphatic carbocycles. The summed E-state index contributed by atoms with van der Waals surface area (Å²) in [4.78, 5) is 14.9. The Labute approximate surface area is 128 Å². The summed E-state index contributed by atoms with van der Waals surface area (Å²) < 4.78 is 11.7. The molecule has 120 valence electrons. The molecule has 2 rings (SSSR count). The number of ether oxygens (including phenoxy) is 2. The van der Waals surface area contributed by atoms with Gasteiger partial charge in [-0.05, 0) is 32.6 Å². The van der Waals surface area contributed by atoms with E-state index in [-0.39, 0.29) is 29.8 Å². The number of hydrogen-bond donors (Lipinski definition) is 0. The van der Waals surface area contributed by atoms with E-state index in [1.165, 1.54) is 0 Å². The molecule has 0 bridgehead atoms. The van der Waals surface area contributed by atoms with Gasteiger partial charge in [-0.2, -0.15) is 0 Å². The van der Waals surface area contributed by atoms with Gasteiger partial charge in [0.2, 0.25) is 5.91 Å². The van der Waals surface area contributed by atoms with Gasteiger partial charge in [-0.25, -0.2) is 0 Å². The van der Waals surface area contributed by atoms with E-state index >= 15 is 0 Å². The Morgan fingerprint density at radius 3 is 2.38 bits per heavy atom. The lowest BCUT2D eigenvalue weighted by Gasteiger charge is -2.33. The maximum absolute atomic E-state index is 12.9. The third-order valence-corrected chi connectivity index (χ3v) is 4.57. The summed E-state index contributed by atoms with van der Waals surface area (Å²) in [6.07, 6.45) is 4.03. The summed E-state index contributed by atoms with van der Waals surface area (Å²) in [5.41, 5.74) is 0. The fourth-order valence-corrected chi connectivity index (χ4v) is 3.48. The first kappa shape index (κ1) is 16.5. The van der Waals surface area contributed by atoms with E-state index in [0.717, 1.165) is 25.9 Å². The van der Waals surface area contributed by atoms with E-state index in [1.807, 2.05) is 24.8 Å². The molecule has 0 aromatic carbocycles. The summed E-state index contributed by atoms with van der Waals surface area (Å²) in [5, 5.41) is 0. The van der Waals surface area contributed by atoms with Gasteiger partial charge in [-0.15, -0.1) is 6.58 Å². The van der Waals surface area contributed by atoms with Crippen LogP contribution in [0.4, 0.5) is 0 Å². The molecule has 0 saturated carbocycles. The molecule has 2 saturated heterocycles. The summed E-state index contributed by atoms with van der Waals surface area (Å²) in [6, 6.07) is 0. The zero-order chi connectivity index (χ0) is 15.6. The van der Waals surface area contributed by atoms with Crippen molar-refractivity contribution in [2.45, 2.75) is 52.4 Å². The summed E-state index contributed by atoms with van der Waals surface area (Å²) in [6.45, 7) is 14.3. The van der Waals surface area contributed by atoms with Crippen LogP contribution in [0.5, 0.6) is 0 Å². The van der Waals surface area contributed by atoms with Gasteiger partial charge in [0.05, 0.1) is 12.7 Å². The molecule has 2 fully saturated rings. The molecule has 1 amide bonds. The highest BCUT2D eigenvalue weighted by molar-refractivity contribution is 5.80. The van der Waals surface area contributed by atoms with Crippen molar-refractivity contribution in [3.8, 4) is 0 Å². The highest BCUT2D eigenvalue weighted by Crippen LogP contribution is 2.35. The number of carbonyl (C=O) groups excluding carboxylic acids is 1. The summed E-state index contributed by atoms with van der Waals surface area (Å²) >= 11 is 0. The zero-order valence-electron chi connectivity index (χ0n) is 13.8. The predicted molar refractivity (Wildman–Crippen MR) is 82.7 cm³/mol. The number of amides is 1. The van der Waals surface area contributed by atoms with Gasteiger partial charge < -0.3 is 14.4 Å². The lowest BCUT2D eigenvalue weighted by Crippen LogP contribution is -2.43. The molecule has 0 N–H and O–H groups in total. The number of rotatable bonds is 5. The highest BCUT2D eigenvalue weighted by Gasteiger charge is 2.43. The van der Waals surface area contributed by atoms with Crippen molar-refractivity contribution in [3.05, 3.63) is 12.7 Å². The summed E-state index contributed by atoms with van der Waals surface area (Å²) in [7, 11) is 0. The number of hydrogen-bond acceptors (Lipinski definition) is 3. The Morgan fingerprint density at radius 1 is 1.33 bits per heavy atom. The van der Waals surface area contributed by atoms with Crippen LogP contribution < -0.4 is 0 Å². The first-order valence-electron chi connectivity index (χ1n) is 8.09. The van der Waals surface area contributed by atoms with Gasteiger partial charge >= 0.3 is 0 Å². The SMILES string of the molecule is C=C[C@@H]([C@H]1COC(C)(C)O1)[C@@H](C(=O)N1CCCC1)C(C)C. The number of likely N-dealkylation sites (tertiary alicyclic amines) is 1. The number of nitrogens with zero attached hydrogens (tertiary/aromatic N) is 1. The molecule has 0 aromatic heterocycles. The molecule has 0 unspecified atom stereocenters. The second kappa shape index (κ2) is 6.49. The standard InChI is InChI=1S/C17H29NO3/c1-6-13(14-11-20-17(4,5)21-14)15(12(2)3)16(19)18-9-7-8-10-18/h6,12-15H,1,7-11H2,2-5H3/t13-,14+,15-/m0/s1. The third-order valence-electron chi connectivity index (χ3n) is 4.57. The molecule has 2 heterocycles. The fourth-order valence-electron chi connectivity index (χ4n) is 3.48. The summed E-state index contributed by atoms with van der Waals surface area (Å²) in [5.74, 6) is -0.137. The smallest absolute Gasteiger partial charge is 0.226 e. The van der Waals surface area contributed by atoms with Crippen LogP contribution in [-0.2, 0) is 14.3 Å². The molecule has 0 spiro atoms. The maximum Gasteiger partial charge on any atom is 0.226 e. The molecule has 2 aliphatic rings. The average molecular weight is 295 g/mol. The second-order valence-corrected chi connectivity index (χ2v) is 6.98. The Kier molecular flexibility index (Phi) is 5.10. The quantitative estimate of drug-likeness (QED) is 0.732. The van der Waals surface area contributed by atoms with E-state index in [9.17, 15) is 4.79 Å². The van der Waals surface area contributed by atoms with Gasteiger partial charge in [-0.1, -0.05) is 19.9 Å². The van der Waals surface area contributed by atoms with Crippen LogP contribution >= 0.6 is 0 Å². The fraction of sp³-hybridized carbons (Fsp3) is 0.824. The van der Waals surface area contributed by atoms with Gasteiger partial charge in [0, 0.05) is 24.9 Å². The average Bonchev–Trinajstić information content (AvgIpc) is 3.03. The predicted octanol–water partition coefficient (Wildman–Crippen LogP) is 2.83. The number of carbonyl (C=O) groups is 1. The van der Waals surface area contributed by atoms with Crippen molar-refractivity contribution in [2.24, 2.45) is 17.8 Å². The largest absolute Gasteiger partial charge is 0.348 e. The lowest BCUT2D eigenvalue weighted by atomic mass is 9.79. The minimum atomic E-state index is -0.565. The van der Waals surface area contributed by atoms with Crippen molar-refractivity contribution >= 4 is 5.91 Å². The van der Waals surface area contributed by atoms with Gasteiger partial charge in [0.1, 0.15) is 0 Å². The molecule has 4 heteroatoms. The van der Waals surface area contributed by atoms with E-state index < -0.39 is 5.79 Å². The van der Waals surface area contributed by atoms with Crippen LogP contribution in [0, 0.1) is 17.8 Å². The Balaban J connectivity index is 2.14. The first-order chi connectivity index (χ1) is 9.85. The minimum absolute atomic E-state index is 0.000116. The first-order valence-corrected chi connectivity index (χ1v) is 8.09. The van der Waals surface area contributed by atoms with Crippen LogP contribution in [0.2, 0.25) is 0 Å². The zero-order valence-corrected chi connectivity index (χ0v) is 13.8. The lowest BCUT2D eigenvalue weighted by molar-refractivity contribution is -0.152. The van der Waals surface area contributed by atoms with Crippen molar-refractivity contribution in [1.82, 2.24) is 4.90 Å². The van der Waals surface area contributed by atoms with E-state index in [1.54, 1.807) is 0 Å². The Bertz CT molecular complexity index is 385. The maximum atomic E-state index is 12.9.